The maximum Gasteiger partial charge on any atom is 0.341 e. The minimum atomic E-state index is -1.07. The summed E-state index contributed by atoms with van der Waals surface area (Å²) in [5, 5.41) is 12.6. The van der Waals surface area contributed by atoms with E-state index in [1.165, 1.54) is 6.21 Å². The number of benzene rings is 2. The Labute approximate surface area is 152 Å². The third-order valence-electron chi connectivity index (χ3n) is 3.65. The molecule has 0 saturated carbocycles. The first kappa shape index (κ1) is 19.2. The van der Waals surface area contributed by atoms with Gasteiger partial charge in [-0.3, -0.25) is 4.79 Å². The van der Waals surface area contributed by atoms with Crippen molar-refractivity contribution >= 4 is 18.1 Å². The number of amides is 1. The van der Waals surface area contributed by atoms with Crippen molar-refractivity contribution in [2.45, 2.75) is 26.2 Å². The van der Waals surface area contributed by atoms with Crippen LogP contribution in [0, 0.1) is 0 Å². The average Bonchev–Trinajstić information content (AvgIpc) is 2.60. The second kappa shape index (κ2) is 8.29. The Hall–Kier alpha value is -3.15. The van der Waals surface area contributed by atoms with Gasteiger partial charge in [-0.15, -0.1) is 0 Å². The van der Waals surface area contributed by atoms with Crippen LogP contribution < -0.4 is 10.2 Å². The summed E-state index contributed by atoms with van der Waals surface area (Å²) in [5.41, 5.74) is 4.69. The molecule has 0 bridgehead atoms. The topological polar surface area (TPSA) is 88.0 Å². The minimum Gasteiger partial charge on any atom is -0.481 e. The van der Waals surface area contributed by atoms with Crippen LogP contribution in [0.15, 0.2) is 53.6 Å². The lowest BCUT2D eigenvalue weighted by Gasteiger charge is -2.18. The quantitative estimate of drug-likeness (QED) is 0.616. The number of carboxylic acid groups (broad SMARTS) is 1. The lowest BCUT2D eigenvalue weighted by atomic mass is 9.87. The first-order valence-electron chi connectivity index (χ1n) is 8.15. The zero-order valence-corrected chi connectivity index (χ0v) is 15.0. The van der Waals surface area contributed by atoms with Crippen LogP contribution in [-0.2, 0) is 10.2 Å². The summed E-state index contributed by atoms with van der Waals surface area (Å²) in [6.45, 7) is 5.88. The van der Waals surface area contributed by atoms with Gasteiger partial charge in [-0.25, -0.2) is 10.2 Å². The molecule has 0 unspecified atom stereocenters. The van der Waals surface area contributed by atoms with E-state index in [1.54, 1.807) is 36.4 Å². The number of hydrazone groups is 1. The van der Waals surface area contributed by atoms with Gasteiger partial charge < -0.3 is 9.84 Å². The number of carbonyl (C=O) groups excluding carboxylic acids is 1. The Morgan fingerprint density at radius 3 is 2.38 bits per heavy atom. The minimum absolute atomic E-state index is 0.0207. The summed E-state index contributed by atoms with van der Waals surface area (Å²) in [5.74, 6) is -1.02. The SMILES string of the molecule is CC(C)(C)c1ccc(C(=O)NN=Cc2ccccc2OCC(=O)O)cc1. The van der Waals surface area contributed by atoms with Crippen LogP contribution in [0.2, 0.25) is 0 Å². The fourth-order valence-electron chi connectivity index (χ4n) is 2.20. The Morgan fingerprint density at radius 2 is 1.77 bits per heavy atom. The van der Waals surface area contributed by atoms with E-state index >= 15 is 0 Å². The van der Waals surface area contributed by atoms with E-state index in [0.717, 1.165) is 5.56 Å². The van der Waals surface area contributed by atoms with Crippen LogP contribution >= 0.6 is 0 Å². The van der Waals surface area contributed by atoms with Crippen LogP contribution in [0.5, 0.6) is 5.75 Å². The summed E-state index contributed by atoms with van der Waals surface area (Å²) in [4.78, 5) is 22.8. The number of nitrogens with zero attached hydrogens (tertiary/aromatic N) is 1. The third kappa shape index (κ3) is 5.44. The Kier molecular flexibility index (Phi) is 6.11. The number of rotatable bonds is 6. The van der Waals surface area contributed by atoms with E-state index in [0.29, 0.717) is 16.9 Å². The van der Waals surface area contributed by atoms with Gasteiger partial charge in [0.05, 0.1) is 6.21 Å². The summed E-state index contributed by atoms with van der Waals surface area (Å²) < 4.78 is 5.18. The molecule has 0 aromatic heterocycles. The number of hydrogen-bond donors (Lipinski definition) is 2. The fourth-order valence-corrected chi connectivity index (χ4v) is 2.20. The zero-order chi connectivity index (χ0) is 19.2. The summed E-state index contributed by atoms with van der Waals surface area (Å²) in [7, 11) is 0. The average molecular weight is 354 g/mol. The van der Waals surface area contributed by atoms with Crippen LogP contribution in [-0.4, -0.2) is 29.8 Å². The van der Waals surface area contributed by atoms with Crippen molar-refractivity contribution in [2.75, 3.05) is 6.61 Å². The maximum atomic E-state index is 12.2. The normalized spacial score (nSPS) is 11.3. The monoisotopic (exact) mass is 354 g/mol. The van der Waals surface area contributed by atoms with Crippen molar-refractivity contribution in [1.29, 1.82) is 0 Å². The van der Waals surface area contributed by atoms with Gasteiger partial charge in [-0.1, -0.05) is 45.0 Å². The van der Waals surface area contributed by atoms with E-state index in [2.05, 4.69) is 31.3 Å². The summed E-state index contributed by atoms with van der Waals surface area (Å²) >= 11 is 0. The molecule has 0 radical (unpaired) electrons. The van der Waals surface area contributed by atoms with E-state index in [1.807, 2.05) is 12.1 Å². The van der Waals surface area contributed by atoms with Crippen LogP contribution in [0.4, 0.5) is 0 Å². The molecule has 0 aliphatic rings. The smallest absolute Gasteiger partial charge is 0.341 e. The molecule has 0 atom stereocenters. The molecule has 0 heterocycles. The molecular weight excluding hydrogens is 332 g/mol. The molecule has 0 spiro atoms. The van der Waals surface area contributed by atoms with Crippen molar-refractivity contribution in [3.05, 3.63) is 65.2 Å². The molecule has 2 aromatic rings. The predicted molar refractivity (Wildman–Crippen MR) is 99.8 cm³/mol. The van der Waals surface area contributed by atoms with Gasteiger partial charge >= 0.3 is 5.97 Å². The number of hydrogen-bond acceptors (Lipinski definition) is 4. The third-order valence-corrected chi connectivity index (χ3v) is 3.65. The maximum absolute atomic E-state index is 12.2. The van der Waals surface area contributed by atoms with Crippen molar-refractivity contribution < 1.29 is 19.4 Å². The van der Waals surface area contributed by atoms with E-state index in [4.69, 9.17) is 9.84 Å². The number of aliphatic carboxylic acids is 1. The molecular formula is C20H22N2O4. The van der Waals surface area contributed by atoms with Crippen molar-refractivity contribution in [3.63, 3.8) is 0 Å². The van der Waals surface area contributed by atoms with Crippen LogP contribution in [0.1, 0.15) is 42.3 Å². The number of para-hydroxylation sites is 1. The molecule has 6 heteroatoms. The van der Waals surface area contributed by atoms with Gasteiger partial charge in [0.15, 0.2) is 6.61 Å². The zero-order valence-electron chi connectivity index (χ0n) is 15.0. The Balaban J connectivity index is 2.02. The Bertz CT molecular complexity index is 805. The number of carboxylic acids is 1. The molecule has 0 aliphatic carbocycles. The second-order valence-corrected chi connectivity index (χ2v) is 6.75. The molecule has 26 heavy (non-hydrogen) atoms. The van der Waals surface area contributed by atoms with Gasteiger partial charge in [0.2, 0.25) is 0 Å². The van der Waals surface area contributed by atoms with E-state index in [-0.39, 0.29) is 11.3 Å². The van der Waals surface area contributed by atoms with E-state index in [9.17, 15) is 9.59 Å². The fraction of sp³-hybridized carbons (Fsp3) is 0.250. The first-order valence-corrected chi connectivity index (χ1v) is 8.15. The van der Waals surface area contributed by atoms with Gasteiger partial charge in [0.1, 0.15) is 5.75 Å². The van der Waals surface area contributed by atoms with Crippen molar-refractivity contribution in [1.82, 2.24) is 5.43 Å². The lowest BCUT2D eigenvalue weighted by Crippen LogP contribution is -2.18. The molecule has 0 aliphatic heterocycles. The van der Waals surface area contributed by atoms with Crippen molar-refractivity contribution in [3.8, 4) is 5.75 Å². The lowest BCUT2D eigenvalue weighted by molar-refractivity contribution is -0.139. The van der Waals surface area contributed by atoms with Gasteiger partial charge in [-0.2, -0.15) is 5.10 Å². The largest absolute Gasteiger partial charge is 0.481 e. The van der Waals surface area contributed by atoms with Gasteiger partial charge in [0, 0.05) is 11.1 Å². The van der Waals surface area contributed by atoms with Crippen LogP contribution in [0.25, 0.3) is 0 Å². The highest BCUT2D eigenvalue weighted by molar-refractivity contribution is 5.95. The van der Waals surface area contributed by atoms with Gasteiger partial charge in [0.25, 0.3) is 5.91 Å². The predicted octanol–water partition coefficient (Wildman–Crippen LogP) is 3.21. The van der Waals surface area contributed by atoms with Crippen LogP contribution in [0.3, 0.4) is 0 Å². The molecule has 1 amide bonds. The second-order valence-electron chi connectivity index (χ2n) is 6.75. The highest BCUT2D eigenvalue weighted by Crippen LogP contribution is 2.22. The number of ether oxygens (including phenoxy) is 1. The number of carbonyl (C=O) groups is 2. The number of nitrogens with one attached hydrogen (secondary N) is 1. The van der Waals surface area contributed by atoms with E-state index < -0.39 is 12.6 Å². The summed E-state index contributed by atoms with van der Waals surface area (Å²) in [6, 6.07) is 14.2. The highest BCUT2D eigenvalue weighted by Gasteiger charge is 2.14. The molecule has 6 nitrogen and oxygen atoms in total. The standard InChI is InChI=1S/C20H22N2O4/c1-20(2,3)16-10-8-14(9-11-16)19(25)22-21-12-15-6-4-5-7-17(15)26-13-18(23)24/h4-12H,13H2,1-3H3,(H,22,25)(H,23,24). The Morgan fingerprint density at radius 1 is 1.12 bits per heavy atom. The molecule has 0 saturated heterocycles. The molecule has 2 N–H and O–H groups in total. The molecule has 2 rings (SSSR count). The van der Waals surface area contributed by atoms with Gasteiger partial charge in [-0.05, 0) is 35.2 Å². The van der Waals surface area contributed by atoms with Crippen molar-refractivity contribution in [2.24, 2.45) is 5.10 Å². The highest BCUT2D eigenvalue weighted by atomic mass is 16.5. The summed E-state index contributed by atoms with van der Waals surface area (Å²) in [6.07, 6.45) is 1.42. The molecule has 2 aromatic carbocycles. The molecule has 0 fully saturated rings. The molecule has 136 valence electrons. The first-order chi connectivity index (χ1) is 12.3.